The van der Waals surface area contributed by atoms with E-state index in [9.17, 15) is 4.79 Å². The van der Waals surface area contributed by atoms with Crippen molar-refractivity contribution in [2.45, 2.75) is 16.4 Å². The second-order valence-corrected chi connectivity index (χ2v) is 11.1. The molecule has 4 nitrogen and oxygen atoms in total. The highest BCUT2D eigenvalue weighted by Crippen LogP contribution is 2.44. The maximum Gasteiger partial charge on any atom is 0.186 e. The maximum absolute atomic E-state index is 12.8. The van der Waals surface area contributed by atoms with Crippen molar-refractivity contribution < 1.29 is 13.9 Å². The lowest BCUT2D eigenvalue weighted by Crippen LogP contribution is -2.02. The summed E-state index contributed by atoms with van der Waals surface area (Å²) in [5.74, 6) is 1.84. The molecule has 5 rings (SSSR count). The first kappa shape index (κ1) is 23.5. The quantitative estimate of drug-likeness (QED) is 0.145. The van der Waals surface area contributed by atoms with Gasteiger partial charge < -0.3 is 14.5 Å². The van der Waals surface area contributed by atoms with Gasteiger partial charge in [0.05, 0.1) is 20.3 Å². The highest BCUT2D eigenvalue weighted by Gasteiger charge is 2.16. The van der Waals surface area contributed by atoms with E-state index in [2.05, 4.69) is 59.2 Å². The highest BCUT2D eigenvalue weighted by molar-refractivity contribution is 9.11. The van der Waals surface area contributed by atoms with E-state index in [1.807, 2.05) is 60.7 Å². The van der Waals surface area contributed by atoms with Crippen LogP contribution in [0.3, 0.4) is 0 Å². The van der Waals surface area contributed by atoms with Gasteiger partial charge in [-0.3, -0.25) is 4.79 Å². The molecule has 0 aliphatic carbocycles. The van der Waals surface area contributed by atoms with Crippen molar-refractivity contribution in [3.8, 4) is 5.75 Å². The van der Waals surface area contributed by atoms with Gasteiger partial charge in [0.2, 0.25) is 0 Å². The van der Waals surface area contributed by atoms with Gasteiger partial charge in [-0.1, -0.05) is 39.8 Å². The highest BCUT2D eigenvalue weighted by atomic mass is 79.9. The minimum atomic E-state index is -0.0922. The van der Waals surface area contributed by atoms with E-state index in [-0.39, 0.29) is 12.4 Å². The average molecular weight is 662 g/mol. The Hall–Kier alpha value is -2.26. The minimum absolute atomic E-state index is 0.0922. The number of hydrogen-bond acceptors (Lipinski definition) is 5. The molecule has 1 aliphatic heterocycles. The molecular formula is C26H16Br3NO3S. The second-order valence-electron chi connectivity index (χ2n) is 7.42. The molecule has 4 aromatic rings. The summed E-state index contributed by atoms with van der Waals surface area (Å²) in [6.45, 7) is 0.260. The number of allylic oxidation sites excluding steroid dienone is 1. The van der Waals surface area contributed by atoms with Crippen LogP contribution in [0.25, 0.3) is 6.08 Å². The van der Waals surface area contributed by atoms with Crippen molar-refractivity contribution >= 4 is 82.8 Å². The number of anilines is 2. The van der Waals surface area contributed by atoms with Crippen molar-refractivity contribution in [2.24, 2.45) is 0 Å². The van der Waals surface area contributed by atoms with Crippen molar-refractivity contribution in [1.29, 1.82) is 0 Å². The number of carbonyl (C=O) groups excluding carboxylic acids is 1. The standard InChI is InChI=1S/C26H16Br3NO3S/c27-16-12-19(28)26(20(29)13-16)32-14-18-7-6-17(33-18)8-9-23(31)15-5-10-25-22(11-15)30-21-3-1-2-4-24(21)34-25/h1-13,30H,14H2/b9-8+. The third-order valence-electron chi connectivity index (χ3n) is 5.04. The van der Waals surface area contributed by atoms with Gasteiger partial charge in [-0.2, -0.15) is 0 Å². The van der Waals surface area contributed by atoms with Gasteiger partial charge in [0.25, 0.3) is 0 Å². The number of rotatable bonds is 6. The Bertz CT molecular complexity index is 1410. The van der Waals surface area contributed by atoms with E-state index in [1.54, 1.807) is 17.8 Å². The fourth-order valence-corrected chi connectivity index (χ4v) is 6.87. The second kappa shape index (κ2) is 10.2. The number of carbonyl (C=O) groups is 1. The zero-order chi connectivity index (χ0) is 23.7. The Labute approximate surface area is 226 Å². The lowest BCUT2D eigenvalue weighted by atomic mass is 10.1. The summed E-state index contributed by atoms with van der Waals surface area (Å²) in [6.07, 6.45) is 3.20. The van der Waals surface area contributed by atoms with E-state index in [4.69, 9.17) is 9.15 Å². The Morgan fingerprint density at radius 1 is 0.941 bits per heavy atom. The van der Waals surface area contributed by atoms with Crippen molar-refractivity contribution in [1.82, 2.24) is 0 Å². The van der Waals surface area contributed by atoms with Crippen LogP contribution < -0.4 is 10.1 Å². The molecule has 1 aliphatic rings. The van der Waals surface area contributed by atoms with Gasteiger partial charge in [0.15, 0.2) is 5.78 Å². The summed E-state index contributed by atoms with van der Waals surface area (Å²) in [7, 11) is 0. The smallest absolute Gasteiger partial charge is 0.186 e. The third-order valence-corrected chi connectivity index (χ3v) is 7.83. The Morgan fingerprint density at radius 3 is 2.53 bits per heavy atom. The van der Waals surface area contributed by atoms with E-state index >= 15 is 0 Å². The van der Waals surface area contributed by atoms with Crippen LogP contribution in [0.5, 0.6) is 5.75 Å². The molecule has 1 N–H and O–H groups in total. The summed E-state index contributed by atoms with van der Waals surface area (Å²) in [4.78, 5) is 15.0. The normalized spacial score (nSPS) is 12.2. The predicted molar refractivity (Wildman–Crippen MR) is 146 cm³/mol. The molecule has 0 unspecified atom stereocenters. The van der Waals surface area contributed by atoms with Crippen molar-refractivity contribution in [3.63, 3.8) is 0 Å². The van der Waals surface area contributed by atoms with Crippen LogP contribution >= 0.6 is 59.6 Å². The van der Waals surface area contributed by atoms with Gasteiger partial charge >= 0.3 is 0 Å². The maximum atomic E-state index is 12.8. The largest absolute Gasteiger partial charge is 0.483 e. The molecule has 0 amide bonds. The molecule has 0 saturated heterocycles. The van der Waals surface area contributed by atoms with Crippen LogP contribution in [-0.2, 0) is 6.61 Å². The van der Waals surface area contributed by atoms with Crippen LogP contribution in [0, 0.1) is 0 Å². The molecule has 0 bridgehead atoms. The monoisotopic (exact) mass is 659 g/mol. The number of ether oxygens (including phenoxy) is 1. The summed E-state index contributed by atoms with van der Waals surface area (Å²) in [6, 6.07) is 21.3. The van der Waals surface area contributed by atoms with Gasteiger partial charge in [-0.05, 0) is 98.6 Å². The van der Waals surface area contributed by atoms with Crippen LogP contribution in [0.2, 0.25) is 0 Å². The molecule has 1 aromatic heterocycles. The number of ketones is 1. The fourth-order valence-electron chi connectivity index (χ4n) is 3.42. The number of hydrogen-bond donors (Lipinski definition) is 1. The molecule has 0 spiro atoms. The van der Waals surface area contributed by atoms with Crippen LogP contribution in [0.4, 0.5) is 11.4 Å². The number of nitrogens with one attached hydrogen (secondary N) is 1. The van der Waals surface area contributed by atoms with Crippen molar-refractivity contribution in [2.75, 3.05) is 5.32 Å². The van der Waals surface area contributed by atoms with Crippen molar-refractivity contribution in [3.05, 3.63) is 103 Å². The Morgan fingerprint density at radius 2 is 1.71 bits per heavy atom. The number of para-hydroxylation sites is 1. The topological polar surface area (TPSA) is 51.5 Å². The summed E-state index contributed by atoms with van der Waals surface area (Å²) >= 11 is 12.1. The summed E-state index contributed by atoms with van der Waals surface area (Å²) in [5.41, 5.74) is 2.60. The first-order valence-electron chi connectivity index (χ1n) is 10.2. The Balaban J connectivity index is 1.24. The minimum Gasteiger partial charge on any atom is -0.483 e. The molecule has 8 heteroatoms. The van der Waals surface area contributed by atoms with Crippen LogP contribution in [0.1, 0.15) is 21.9 Å². The SMILES string of the molecule is O=C(/C=C/c1ccc(COc2c(Br)cc(Br)cc2Br)o1)c1ccc2c(c1)Nc1ccccc1S2. The molecule has 0 fully saturated rings. The van der Waals surface area contributed by atoms with E-state index in [0.29, 0.717) is 22.8 Å². The zero-order valence-electron chi connectivity index (χ0n) is 17.5. The molecule has 0 saturated carbocycles. The van der Waals surface area contributed by atoms with E-state index in [0.717, 1.165) is 29.7 Å². The lowest BCUT2D eigenvalue weighted by molar-refractivity contribution is 0.104. The van der Waals surface area contributed by atoms with Crippen LogP contribution in [-0.4, -0.2) is 5.78 Å². The molecule has 2 heterocycles. The Kier molecular flexibility index (Phi) is 7.01. The van der Waals surface area contributed by atoms with E-state index in [1.165, 1.54) is 11.0 Å². The van der Waals surface area contributed by atoms with Gasteiger partial charge in [-0.15, -0.1) is 0 Å². The van der Waals surface area contributed by atoms with Gasteiger partial charge in [0.1, 0.15) is 23.9 Å². The first-order chi connectivity index (χ1) is 16.5. The number of halogens is 3. The number of fused-ring (bicyclic) bond motifs is 2. The fraction of sp³-hybridized carbons (Fsp3) is 0.0385. The molecule has 3 aromatic carbocycles. The number of benzene rings is 3. The van der Waals surface area contributed by atoms with Crippen LogP contribution in [0.15, 0.2) is 100 Å². The molecular weight excluding hydrogens is 646 g/mol. The molecule has 34 heavy (non-hydrogen) atoms. The van der Waals surface area contributed by atoms with Gasteiger partial charge in [0, 0.05) is 19.8 Å². The summed E-state index contributed by atoms with van der Waals surface area (Å²) < 4.78 is 14.3. The molecule has 170 valence electrons. The average Bonchev–Trinajstić information content (AvgIpc) is 3.28. The molecule has 0 atom stereocenters. The van der Waals surface area contributed by atoms with E-state index < -0.39 is 0 Å². The first-order valence-corrected chi connectivity index (χ1v) is 13.4. The lowest BCUT2D eigenvalue weighted by Gasteiger charge is -2.20. The summed E-state index contributed by atoms with van der Waals surface area (Å²) in [5, 5.41) is 3.41. The van der Waals surface area contributed by atoms with Gasteiger partial charge in [-0.25, -0.2) is 0 Å². The third kappa shape index (κ3) is 5.20. The predicted octanol–water partition coefficient (Wildman–Crippen LogP) is 9.25. The molecule has 0 radical (unpaired) electrons. The zero-order valence-corrected chi connectivity index (χ0v) is 23.1. The number of furan rings is 1.